The summed E-state index contributed by atoms with van der Waals surface area (Å²) in [6.45, 7) is 3.31. The monoisotopic (exact) mass is 360 g/mol. The van der Waals surface area contributed by atoms with Crippen molar-refractivity contribution in [2.24, 2.45) is 12.2 Å². The van der Waals surface area contributed by atoms with Crippen LogP contribution in [0.25, 0.3) is 11.0 Å². The van der Waals surface area contributed by atoms with Crippen LogP contribution in [-0.2, 0) is 23.6 Å². The summed E-state index contributed by atoms with van der Waals surface area (Å²) in [5.74, 6) is 0.769. The summed E-state index contributed by atoms with van der Waals surface area (Å²) in [6, 6.07) is 8.41. The van der Waals surface area contributed by atoms with E-state index >= 15 is 0 Å². The number of nitrogens with one attached hydrogen (secondary N) is 2. The first-order chi connectivity index (χ1) is 11.9. The first-order valence-electron chi connectivity index (χ1n) is 7.80. The van der Waals surface area contributed by atoms with Gasteiger partial charge in [0, 0.05) is 26.2 Å². The molecule has 2 aromatic heterocycles. The lowest BCUT2D eigenvalue weighted by molar-refractivity contribution is 0.598. The number of nitrogens with zero attached hydrogens (tertiary/aromatic N) is 3. The van der Waals surface area contributed by atoms with Crippen LogP contribution in [0.5, 0.6) is 0 Å². The van der Waals surface area contributed by atoms with Gasteiger partial charge in [-0.15, -0.1) is 0 Å². The minimum Gasteiger partial charge on any atom is -0.380 e. The highest BCUT2D eigenvalue weighted by Gasteiger charge is 2.10. The van der Waals surface area contributed by atoms with E-state index in [2.05, 4.69) is 20.7 Å². The zero-order valence-corrected chi connectivity index (χ0v) is 14.8. The average molecular weight is 360 g/mol. The van der Waals surface area contributed by atoms with Crippen molar-refractivity contribution in [3.05, 3.63) is 42.1 Å². The molecule has 0 bridgehead atoms. The molecule has 0 amide bonds. The van der Waals surface area contributed by atoms with E-state index in [0.717, 1.165) is 34.6 Å². The SMILES string of the molecule is CCNc1cc(NCc2ccc(S(N)(=O)=O)cc2)c2cnn(C)c2n1. The number of rotatable bonds is 6. The van der Waals surface area contributed by atoms with Gasteiger partial charge in [0.2, 0.25) is 10.0 Å². The van der Waals surface area contributed by atoms with Gasteiger partial charge in [0.1, 0.15) is 5.82 Å². The van der Waals surface area contributed by atoms with Crippen molar-refractivity contribution < 1.29 is 8.42 Å². The molecule has 0 aliphatic carbocycles. The predicted octanol–water partition coefficient (Wildman–Crippen LogP) is 1.66. The molecule has 0 atom stereocenters. The second kappa shape index (κ2) is 6.69. The maximum Gasteiger partial charge on any atom is 0.238 e. The number of fused-ring (bicyclic) bond motifs is 1. The Kier molecular flexibility index (Phi) is 4.60. The molecular weight excluding hydrogens is 340 g/mol. The van der Waals surface area contributed by atoms with E-state index in [9.17, 15) is 8.42 Å². The summed E-state index contributed by atoms with van der Waals surface area (Å²) in [6.07, 6.45) is 1.77. The number of hydrogen-bond acceptors (Lipinski definition) is 6. The number of sulfonamides is 1. The number of hydrogen-bond donors (Lipinski definition) is 3. The molecular formula is C16H20N6O2S. The van der Waals surface area contributed by atoms with Crippen LogP contribution in [0.1, 0.15) is 12.5 Å². The fourth-order valence-corrected chi connectivity index (χ4v) is 3.04. The Morgan fingerprint density at radius 2 is 1.92 bits per heavy atom. The predicted molar refractivity (Wildman–Crippen MR) is 97.8 cm³/mol. The maximum atomic E-state index is 11.3. The number of aromatic nitrogens is 3. The molecule has 0 saturated carbocycles. The Balaban J connectivity index is 1.85. The number of pyridine rings is 1. The van der Waals surface area contributed by atoms with Crippen LogP contribution >= 0.6 is 0 Å². The third-order valence-electron chi connectivity index (χ3n) is 3.80. The molecule has 3 aromatic rings. The Morgan fingerprint density at radius 1 is 1.20 bits per heavy atom. The summed E-state index contributed by atoms with van der Waals surface area (Å²) < 4.78 is 24.3. The van der Waals surface area contributed by atoms with Gasteiger partial charge in [-0.25, -0.2) is 18.5 Å². The van der Waals surface area contributed by atoms with E-state index in [1.165, 1.54) is 12.1 Å². The van der Waals surface area contributed by atoms with Crippen LogP contribution in [0.15, 0.2) is 41.4 Å². The second-order valence-electron chi connectivity index (χ2n) is 5.63. The summed E-state index contributed by atoms with van der Waals surface area (Å²) in [4.78, 5) is 4.65. The zero-order chi connectivity index (χ0) is 18.0. The van der Waals surface area contributed by atoms with Gasteiger partial charge in [0.25, 0.3) is 0 Å². The van der Waals surface area contributed by atoms with Crippen LogP contribution < -0.4 is 15.8 Å². The molecule has 0 unspecified atom stereocenters. The van der Waals surface area contributed by atoms with Crippen LogP contribution in [0, 0.1) is 0 Å². The quantitative estimate of drug-likeness (QED) is 0.616. The standard InChI is InChI=1S/C16H20N6O2S/c1-3-18-15-8-14(13-10-20-22(2)16(13)21-15)19-9-11-4-6-12(7-5-11)25(17,23)24/h4-8,10H,3,9H2,1-2H3,(H2,17,23,24)(H2,18,19,21). The molecule has 0 fully saturated rings. The summed E-state index contributed by atoms with van der Waals surface area (Å²) in [5, 5.41) is 16.9. The maximum absolute atomic E-state index is 11.3. The lowest BCUT2D eigenvalue weighted by atomic mass is 10.2. The lowest BCUT2D eigenvalue weighted by Gasteiger charge is -2.11. The molecule has 3 rings (SSSR count). The fourth-order valence-electron chi connectivity index (χ4n) is 2.53. The van der Waals surface area contributed by atoms with E-state index in [1.807, 2.05) is 20.0 Å². The van der Waals surface area contributed by atoms with Gasteiger partial charge < -0.3 is 10.6 Å². The zero-order valence-electron chi connectivity index (χ0n) is 14.0. The minimum absolute atomic E-state index is 0.101. The fraction of sp³-hybridized carbons (Fsp3) is 0.250. The summed E-state index contributed by atoms with van der Waals surface area (Å²) >= 11 is 0. The number of primary sulfonamides is 1. The first-order valence-corrected chi connectivity index (χ1v) is 9.35. The molecule has 0 radical (unpaired) electrons. The summed E-state index contributed by atoms with van der Waals surface area (Å²) in [5.41, 5.74) is 2.63. The molecule has 0 saturated heterocycles. The van der Waals surface area contributed by atoms with Crippen LogP contribution in [0.4, 0.5) is 11.5 Å². The van der Waals surface area contributed by atoms with Crippen molar-refractivity contribution in [3.63, 3.8) is 0 Å². The molecule has 8 nitrogen and oxygen atoms in total. The van der Waals surface area contributed by atoms with E-state index in [-0.39, 0.29) is 4.90 Å². The molecule has 0 aliphatic heterocycles. The van der Waals surface area contributed by atoms with Crippen LogP contribution in [-0.4, -0.2) is 29.7 Å². The second-order valence-corrected chi connectivity index (χ2v) is 7.19. The molecule has 0 spiro atoms. The van der Waals surface area contributed by atoms with Gasteiger partial charge in [-0.2, -0.15) is 5.10 Å². The average Bonchev–Trinajstić information content (AvgIpc) is 2.94. The van der Waals surface area contributed by atoms with Gasteiger partial charge in [-0.3, -0.25) is 4.68 Å². The number of nitrogens with two attached hydrogens (primary N) is 1. The molecule has 2 heterocycles. The molecule has 1 aromatic carbocycles. The highest BCUT2D eigenvalue weighted by atomic mass is 32.2. The van der Waals surface area contributed by atoms with Crippen molar-refractivity contribution in [2.45, 2.75) is 18.4 Å². The van der Waals surface area contributed by atoms with E-state index in [0.29, 0.717) is 6.54 Å². The van der Waals surface area contributed by atoms with Gasteiger partial charge >= 0.3 is 0 Å². The van der Waals surface area contributed by atoms with Crippen molar-refractivity contribution in [3.8, 4) is 0 Å². The van der Waals surface area contributed by atoms with Gasteiger partial charge in [0.05, 0.1) is 22.2 Å². The molecule has 4 N–H and O–H groups in total. The Bertz CT molecular complexity index is 995. The third-order valence-corrected chi connectivity index (χ3v) is 4.73. The van der Waals surface area contributed by atoms with E-state index in [1.54, 1.807) is 23.0 Å². The highest BCUT2D eigenvalue weighted by molar-refractivity contribution is 7.89. The van der Waals surface area contributed by atoms with Crippen molar-refractivity contribution >= 4 is 32.6 Å². The van der Waals surface area contributed by atoms with Gasteiger partial charge in [0.15, 0.2) is 5.65 Å². The number of benzene rings is 1. The van der Waals surface area contributed by atoms with E-state index < -0.39 is 10.0 Å². The number of anilines is 2. The smallest absolute Gasteiger partial charge is 0.238 e. The molecule has 132 valence electrons. The van der Waals surface area contributed by atoms with Gasteiger partial charge in [-0.05, 0) is 24.6 Å². The van der Waals surface area contributed by atoms with Gasteiger partial charge in [-0.1, -0.05) is 12.1 Å². The Hall–Kier alpha value is -2.65. The van der Waals surface area contributed by atoms with Crippen LogP contribution in [0.2, 0.25) is 0 Å². The largest absolute Gasteiger partial charge is 0.380 e. The molecule has 25 heavy (non-hydrogen) atoms. The Labute approximate surface area is 146 Å². The first kappa shape index (κ1) is 17.2. The molecule has 9 heteroatoms. The number of aryl methyl sites for hydroxylation is 1. The lowest BCUT2D eigenvalue weighted by Crippen LogP contribution is -2.12. The van der Waals surface area contributed by atoms with Crippen molar-refractivity contribution in [1.29, 1.82) is 0 Å². The highest BCUT2D eigenvalue weighted by Crippen LogP contribution is 2.25. The minimum atomic E-state index is -3.67. The Morgan fingerprint density at radius 3 is 2.56 bits per heavy atom. The normalized spacial score (nSPS) is 11.6. The summed E-state index contributed by atoms with van der Waals surface area (Å²) in [7, 11) is -1.82. The van der Waals surface area contributed by atoms with Crippen LogP contribution in [0.3, 0.4) is 0 Å². The van der Waals surface area contributed by atoms with Crippen molar-refractivity contribution in [2.75, 3.05) is 17.2 Å². The van der Waals surface area contributed by atoms with Crippen molar-refractivity contribution in [1.82, 2.24) is 14.8 Å². The van der Waals surface area contributed by atoms with E-state index in [4.69, 9.17) is 5.14 Å². The third kappa shape index (κ3) is 3.72. The molecule has 0 aliphatic rings. The topological polar surface area (TPSA) is 115 Å².